The molecule has 4 nitrogen and oxygen atoms in total. The van der Waals surface area contributed by atoms with E-state index in [2.05, 4.69) is 10.5 Å². The van der Waals surface area contributed by atoms with Crippen LogP contribution in [-0.4, -0.2) is 30.3 Å². The fourth-order valence-corrected chi connectivity index (χ4v) is 1.36. The Morgan fingerprint density at radius 3 is 2.28 bits per heavy atom. The van der Waals surface area contributed by atoms with Gasteiger partial charge in [0.25, 0.3) is 0 Å². The van der Waals surface area contributed by atoms with Gasteiger partial charge in [0.1, 0.15) is 5.84 Å². The van der Waals surface area contributed by atoms with Crippen molar-refractivity contribution in [3.05, 3.63) is 0 Å². The van der Waals surface area contributed by atoms with E-state index >= 15 is 0 Å². The van der Waals surface area contributed by atoms with Gasteiger partial charge in [0.2, 0.25) is 0 Å². The Kier molecular flexibility index (Phi) is 7.05. The average Bonchev–Trinajstić information content (AvgIpc) is 2.25. The van der Waals surface area contributed by atoms with E-state index < -0.39 is 18.0 Å². The number of hydrogen-bond acceptors (Lipinski definition) is 3. The van der Waals surface area contributed by atoms with Crippen LogP contribution in [0.25, 0.3) is 0 Å². The number of nitrogens with one attached hydrogen (secondary N) is 1. The summed E-state index contributed by atoms with van der Waals surface area (Å²) in [6.45, 7) is 4.85. The highest BCUT2D eigenvalue weighted by Crippen LogP contribution is 2.22. The number of nitrogens with two attached hydrogens (primary N) is 1. The summed E-state index contributed by atoms with van der Waals surface area (Å²) in [5.41, 5.74) is 5.09. The van der Waals surface area contributed by atoms with Crippen LogP contribution in [0.5, 0.6) is 0 Å². The lowest BCUT2D eigenvalue weighted by Crippen LogP contribution is -2.35. The zero-order chi connectivity index (χ0) is 14.2. The molecule has 0 radical (unpaired) electrons. The molecular weight excluding hydrogens is 247 g/mol. The lowest BCUT2D eigenvalue weighted by atomic mass is 9.88. The molecule has 0 aromatic rings. The topological polar surface area (TPSA) is 70.6 Å². The van der Waals surface area contributed by atoms with Gasteiger partial charge in [-0.25, -0.2) is 0 Å². The third-order valence-electron chi connectivity index (χ3n) is 2.79. The summed E-state index contributed by atoms with van der Waals surface area (Å²) in [6, 6.07) is 0. The lowest BCUT2D eigenvalue weighted by molar-refractivity contribution is -0.135. The van der Waals surface area contributed by atoms with Crippen LogP contribution in [0.3, 0.4) is 0 Å². The molecule has 4 N–H and O–H groups in total. The van der Waals surface area contributed by atoms with Gasteiger partial charge in [-0.1, -0.05) is 19.0 Å². The van der Waals surface area contributed by atoms with Crippen molar-refractivity contribution in [2.45, 2.75) is 45.7 Å². The Balaban J connectivity index is 3.58. The van der Waals surface area contributed by atoms with Crippen LogP contribution in [0.1, 0.15) is 39.5 Å². The second kappa shape index (κ2) is 7.45. The SMILES string of the molecule is CC(C)(CCNCCCCC(F)(F)F)C(N)=NO. The first-order chi connectivity index (χ1) is 8.19. The Morgan fingerprint density at radius 1 is 1.17 bits per heavy atom. The molecule has 0 saturated carbocycles. The fourth-order valence-electron chi connectivity index (χ4n) is 1.36. The number of hydrogen-bond donors (Lipinski definition) is 3. The number of halogens is 3. The molecule has 0 atom stereocenters. The third kappa shape index (κ3) is 8.16. The van der Waals surface area contributed by atoms with Crippen molar-refractivity contribution in [1.29, 1.82) is 0 Å². The molecule has 0 aromatic heterocycles. The van der Waals surface area contributed by atoms with Crippen molar-refractivity contribution in [3.8, 4) is 0 Å². The third-order valence-corrected chi connectivity index (χ3v) is 2.79. The molecule has 0 aliphatic carbocycles. The molecule has 0 aliphatic rings. The first-order valence-electron chi connectivity index (χ1n) is 5.94. The van der Waals surface area contributed by atoms with Crippen molar-refractivity contribution in [2.24, 2.45) is 16.3 Å². The number of amidine groups is 1. The second-order valence-electron chi connectivity index (χ2n) is 4.94. The molecule has 0 amide bonds. The molecule has 0 heterocycles. The van der Waals surface area contributed by atoms with Gasteiger partial charge >= 0.3 is 6.18 Å². The van der Waals surface area contributed by atoms with Crippen LogP contribution in [0.15, 0.2) is 5.16 Å². The second-order valence-corrected chi connectivity index (χ2v) is 4.94. The van der Waals surface area contributed by atoms with E-state index in [0.29, 0.717) is 25.9 Å². The number of oxime groups is 1. The summed E-state index contributed by atoms with van der Waals surface area (Å²) in [5, 5.41) is 14.6. The van der Waals surface area contributed by atoms with Crippen LogP contribution in [0.2, 0.25) is 0 Å². The molecule has 108 valence electrons. The molecule has 0 saturated heterocycles. The van der Waals surface area contributed by atoms with Gasteiger partial charge in [-0.3, -0.25) is 0 Å². The minimum Gasteiger partial charge on any atom is -0.409 e. The highest BCUT2D eigenvalue weighted by Gasteiger charge is 2.26. The summed E-state index contributed by atoms with van der Waals surface area (Å²) in [5.74, 6) is 0.154. The summed E-state index contributed by atoms with van der Waals surface area (Å²) < 4.78 is 35.5. The Morgan fingerprint density at radius 2 is 1.78 bits per heavy atom. The number of nitrogens with zero attached hydrogens (tertiary/aromatic N) is 1. The van der Waals surface area contributed by atoms with Gasteiger partial charge in [-0.2, -0.15) is 13.2 Å². The summed E-state index contributed by atoms with van der Waals surface area (Å²) in [6.07, 6.45) is -3.51. The Hall–Kier alpha value is -0.980. The predicted octanol–water partition coefficient (Wildman–Crippen LogP) is 2.47. The molecule has 18 heavy (non-hydrogen) atoms. The van der Waals surface area contributed by atoms with Crippen molar-refractivity contribution in [1.82, 2.24) is 5.32 Å². The van der Waals surface area contributed by atoms with Gasteiger partial charge in [0, 0.05) is 11.8 Å². The van der Waals surface area contributed by atoms with Crippen LogP contribution in [-0.2, 0) is 0 Å². The molecule has 0 fully saturated rings. The maximum Gasteiger partial charge on any atom is 0.389 e. The minimum absolute atomic E-state index is 0.139. The van der Waals surface area contributed by atoms with Gasteiger partial charge in [0.05, 0.1) is 0 Å². The van der Waals surface area contributed by atoms with Crippen LogP contribution in [0.4, 0.5) is 13.2 Å². The van der Waals surface area contributed by atoms with E-state index in [9.17, 15) is 13.2 Å². The highest BCUT2D eigenvalue weighted by atomic mass is 19.4. The largest absolute Gasteiger partial charge is 0.409 e. The van der Waals surface area contributed by atoms with Gasteiger partial charge < -0.3 is 16.3 Å². The highest BCUT2D eigenvalue weighted by molar-refractivity contribution is 5.85. The smallest absolute Gasteiger partial charge is 0.389 e. The summed E-state index contributed by atoms with van der Waals surface area (Å²) in [4.78, 5) is 0. The Labute approximate surface area is 105 Å². The van der Waals surface area contributed by atoms with Crippen molar-refractivity contribution in [3.63, 3.8) is 0 Å². The molecule has 0 rings (SSSR count). The van der Waals surface area contributed by atoms with Gasteiger partial charge in [-0.05, 0) is 32.4 Å². The summed E-state index contributed by atoms with van der Waals surface area (Å²) in [7, 11) is 0. The number of rotatable bonds is 8. The zero-order valence-corrected chi connectivity index (χ0v) is 10.8. The maximum absolute atomic E-state index is 11.8. The minimum atomic E-state index is -4.06. The first kappa shape index (κ1) is 17.0. The number of unbranched alkanes of at least 4 members (excludes halogenated alkanes) is 1. The van der Waals surface area contributed by atoms with E-state index in [4.69, 9.17) is 10.9 Å². The van der Waals surface area contributed by atoms with Gasteiger partial charge in [-0.15, -0.1) is 0 Å². The quantitative estimate of drug-likeness (QED) is 0.208. The van der Waals surface area contributed by atoms with E-state index in [1.165, 1.54) is 0 Å². The predicted molar refractivity (Wildman–Crippen MR) is 64.6 cm³/mol. The van der Waals surface area contributed by atoms with Crippen LogP contribution < -0.4 is 11.1 Å². The normalized spacial score (nSPS) is 13.9. The molecule has 0 bridgehead atoms. The fraction of sp³-hybridized carbons (Fsp3) is 0.909. The molecule has 0 unspecified atom stereocenters. The Bertz CT molecular complexity index is 265. The molecular formula is C11H22F3N3O. The van der Waals surface area contributed by atoms with Crippen molar-refractivity contribution in [2.75, 3.05) is 13.1 Å². The van der Waals surface area contributed by atoms with Crippen LogP contribution >= 0.6 is 0 Å². The molecule has 0 spiro atoms. The average molecular weight is 269 g/mol. The van der Waals surface area contributed by atoms with Crippen molar-refractivity contribution >= 4 is 5.84 Å². The van der Waals surface area contributed by atoms with Crippen molar-refractivity contribution < 1.29 is 18.4 Å². The monoisotopic (exact) mass is 269 g/mol. The molecule has 0 aromatic carbocycles. The van der Waals surface area contributed by atoms with Gasteiger partial charge in [0.15, 0.2) is 0 Å². The standard InChI is InChI=1S/C11H22F3N3O/c1-10(2,9(15)17-18)6-8-16-7-4-3-5-11(12,13)14/h16,18H,3-8H2,1-2H3,(H2,15,17). The zero-order valence-electron chi connectivity index (χ0n) is 10.8. The van der Waals surface area contributed by atoms with E-state index in [-0.39, 0.29) is 12.3 Å². The first-order valence-corrected chi connectivity index (χ1v) is 5.94. The van der Waals surface area contributed by atoms with E-state index in [1.54, 1.807) is 0 Å². The summed E-state index contributed by atoms with van der Waals surface area (Å²) >= 11 is 0. The maximum atomic E-state index is 11.8. The van der Waals surface area contributed by atoms with Crippen LogP contribution in [0, 0.1) is 5.41 Å². The van der Waals surface area contributed by atoms with E-state index in [1.807, 2.05) is 13.8 Å². The van der Waals surface area contributed by atoms with E-state index in [0.717, 1.165) is 0 Å². The molecule has 0 aliphatic heterocycles. The number of alkyl halides is 3. The molecule has 7 heteroatoms. The lowest BCUT2D eigenvalue weighted by Gasteiger charge is -2.22.